The van der Waals surface area contributed by atoms with Crippen LogP contribution in [0.3, 0.4) is 0 Å². The van der Waals surface area contributed by atoms with Gasteiger partial charge in [-0.05, 0) is 26.8 Å². The molecule has 2 aromatic heterocycles. The molecule has 2 rings (SSSR count). The lowest BCUT2D eigenvalue weighted by Crippen LogP contribution is -2.33. The Kier molecular flexibility index (Phi) is 2.61. The molecule has 5 heteroatoms. The van der Waals surface area contributed by atoms with Crippen molar-refractivity contribution >= 4 is 10.9 Å². The van der Waals surface area contributed by atoms with E-state index < -0.39 is 0 Å². The van der Waals surface area contributed by atoms with Crippen LogP contribution in [0.4, 0.5) is 0 Å². The highest BCUT2D eigenvalue weighted by Gasteiger charge is 2.17. The van der Waals surface area contributed by atoms with Crippen LogP contribution in [0.25, 0.3) is 10.9 Å². The van der Waals surface area contributed by atoms with Crippen molar-refractivity contribution in [3.8, 4) is 5.88 Å². The molecule has 0 saturated carbocycles. The van der Waals surface area contributed by atoms with E-state index in [1.165, 1.54) is 13.4 Å². The Hall–Kier alpha value is -1.91. The third-order valence-electron chi connectivity index (χ3n) is 2.56. The van der Waals surface area contributed by atoms with Gasteiger partial charge in [0, 0.05) is 11.7 Å². The average Bonchev–Trinajstić information content (AvgIpc) is 2.27. The molecule has 0 saturated heterocycles. The van der Waals surface area contributed by atoms with E-state index in [2.05, 4.69) is 9.97 Å². The maximum atomic E-state index is 12.3. The largest absolute Gasteiger partial charge is 0.479 e. The number of pyridine rings is 1. The maximum absolute atomic E-state index is 12.3. The summed E-state index contributed by atoms with van der Waals surface area (Å²) in [4.78, 5) is 20.6. The molecule has 90 valence electrons. The summed E-state index contributed by atoms with van der Waals surface area (Å²) < 4.78 is 6.69. The Balaban J connectivity index is 2.83. The first kappa shape index (κ1) is 11.6. The minimum absolute atomic E-state index is 0.0804. The summed E-state index contributed by atoms with van der Waals surface area (Å²) in [5.41, 5.74) is 0.123. The maximum Gasteiger partial charge on any atom is 0.261 e. The van der Waals surface area contributed by atoms with Crippen molar-refractivity contribution in [1.29, 1.82) is 0 Å². The highest BCUT2D eigenvalue weighted by atomic mass is 16.5. The van der Waals surface area contributed by atoms with Crippen LogP contribution in [0.15, 0.2) is 23.4 Å². The van der Waals surface area contributed by atoms with Gasteiger partial charge in [0.05, 0.1) is 18.8 Å². The lowest BCUT2D eigenvalue weighted by Gasteiger charge is -2.21. The fraction of sp³-hybridized carbons (Fsp3) is 0.417. The quantitative estimate of drug-likeness (QED) is 0.750. The van der Waals surface area contributed by atoms with E-state index >= 15 is 0 Å². The Morgan fingerprint density at radius 2 is 2.00 bits per heavy atom. The molecule has 0 radical (unpaired) electrons. The summed E-state index contributed by atoms with van der Waals surface area (Å²) in [6.45, 7) is 5.88. The molecule has 0 spiro atoms. The molecule has 0 unspecified atom stereocenters. The lowest BCUT2D eigenvalue weighted by atomic mass is 10.1. The van der Waals surface area contributed by atoms with E-state index in [0.717, 1.165) is 0 Å². The molecule has 2 aromatic rings. The molecule has 5 nitrogen and oxygen atoms in total. The Morgan fingerprint density at radius 3 is 2.59 bits per heavy atom. The molecule has 17 heavy (non-hydrogen) atoms. The highest BCUT2D eigenvalue weighted by Crippen LogP contribution is 2.18. The molecule has 0 fully saturated rings. The van der Waals surface area contributed by atoms with Gasteiger partial charge in [0.25, 0.3) is 5.56 Å². The number of methoxy groups -OCH3 is 1. The van der Waals surface area contributed by atoms with Crippen molar-refractivity contribution in [2.24, 2.45) is 0 Å². The van der Waals surface area contributed by atoms with Gasteiger partial charge in [0.1, 0.15) is 5.52 Å². The molecule has 0 aliphatic carbocycles. The van der Waals surface area contributed by atoms with Crippen LogP contribution in [-0.4, -0.2) is 21.6 Å². The Morgan fingerprint density at radius 1 is 1.29 bits per heavy atom. The van der Waals surface area contributed by atoms with Gasteiger partial charge < -0.3 is 4.74 Å². The molecule has 0 aromatic carbocycles. The molecule has 0 N–H and O–H groups in total. The van der Waals surface area contributed by atoms with Gasteiger partial charge in [0.15, 0.2) is 0 Å². The number of hydrogen-bond acceptors (Lipinski definition) is 4. The van der Waals surface area contributed by atoms with Gasteiger partial charge in [-0.2, -0.15) is 0 Å². The number of ether oxygens (including phenoxy) is 1. The van der Waals surface area contributed by atoms with Crippen molar-refractivity contribution in [3.63, 3.8) is 0 Å². The standard InChI is InChI=1S/C12H15N3O2/c1-12(2,3)15-7-14-9-8(11(15)16)5-6-13-10(9)17-4/h5-7H,1-4H3. The van der Waals surface area contributed by atoms with Crippen molar-refractivity contribution < 1.29 is 4.74 Å². The van der Waals surface area contributed by atoms with Crippen molar-refractivity contribution in [2.45, 2.75) is 26.3 Å². The van der Waals surface area contributed by atoms with Gasteiger partial charge in [-0.3, -0.25) is 9.36 Å². The SMILES string of the molecule is COc1nccc2c(=O)n(C(C)(C)C)cnc12. The van der Waals surface area contributed by atoms with Crippen LogP contribution in [0.1, 0.15) is 20.8 Å². The van der Waals surface area contributed by atoms with Crippen LogP contribution in [0.5, 0.6) is 5.88 Å². The predicted octanol–water partition coefficient (Wildman–Crippen LogP) is 1.56. The van der Waals surface area contributed by atoms with Crippen LogP contribution in [0.2, 0.25) is 0 Å². The second-order valence-electron chi connectivity index (χ2n) is 4.81. The normalized spacial score (nSPS) is 11.8. The van der Waals surface area contributed by atoms with Crippen molar-refractivity contribution in [1.82, 2.24) is 14.5 Å². The highest BCUT2D eigenvalue weighted by molar-refractivity contribution is 5.81. The van der Waals surface area contributed by atoms with E-state index in [0.29, 0.717) is 16.8 Å². The van der Waals surface area contributed by atoms with Crippen molar-refractivity contribution in [2.75, 3.05) is 7.11 Å². The second-order valence-corrected chi connectivity index (χ2v) is 4.81. The molecular weight excluding hydrogens is 218 g/mol. The molecule has 0 aliphatic heterocycles. The fourth-order valence-electron chi connectivity index (χ4n) is 1.66. The third kappa shape index (κ3) is 1.88. The zero-order valence-corrected chi connectivity index (χ0v) is 10.4. The van der Waals surface area contributed by atoms with E-state index in [1.54, 1.807) is 16.8 Å². The average molecular weight is 233 g/mol. The summed E-state index contributed by atoms with van der Waals surface area (Å²) in [5.74, 6) is 0.376. The van der Waals surface area contributed by atoms with Gasteiger partial charge in [-0.25, -0.2) is 9.97 Å². The summed E-state index contributed by atoms with van der Waals surface area (Å²) in [7, 11) is 1.51. The van der Waals surface area contributed by atoms with Gasteiger partial charge in [-0.15, -0.1) is 0 Å². The van der Waals surface area contributed by atoms with E-state index in [1.807, 2.05) is 20.8 Å². The number of hydrogen-bond donors (Lipinski definition) is 0. The lowest BCUT2D eigenvalue weighted by molar-refractivity contribution is 0.379. The monoisotopic (exact) mass is 233 g/mol. The number of fused-ring (bicyclic) bond motifs is 1. The van der Waals surface area contributed by atoms with Gasteiger partial charge >= 0.3 is 0 Å². The molecule has 2 heterocycles. The summed E-state index contributed by atoms with van der Waals surface area (Å²) in [6.07, 6.45) is 3.09. The Bertz CT molecular complexity index is 611. The molecule has 0 atom stereocenters. The van der Waals surface area contributed by atoms with E-state index in [4.69, 9.17) is 4.74 Å². The summed E-state index contributed by atoms with van der Waals surface area (Å²) >= 11 is 0. The van der Waals surface area contributed by atoms with Crippen LogP contribution in [0, 0.1) is 0 Å². The van der Waals surface area contributed by atoms with E-state index in [-0.39, 0.29) is 11.1 Å². The molecule has 0 amide bonds. The number of rotatable bonds is 1. The van der Waals surface area contributed by atoms with Crippen LogP contribution in [-0.2, 0) is 5.54 Å². The molecular formula is C12H15N3O2. The van der Waals surface area contributed by atoms with Gasteiger partial charge in [0.2, 0.25) is 5.88 Å². The zero-order valence-electron chi connectivity index (χ0n) is 10.4. The number of aromatic nitrogens is 3. The smallest absolute Gasteiger partial charge is 0.261 e. The predicted molar refractivity (Wildman–Crippen MR) is 65.3 cm³/mol. The first-order valence-corrected chi connectivity index (χ1v) is 5.36. The van der Waals surface area contributed by atoms with Crippen molar-refractivity contribution in [3.05, 3.63) is 28.9 Å². The minimum atomic E-state index is -0.297. The van der Waals surface area contributed by atoms with Crippen LogP contribution < -0.4 is 10.3 Å². The Labute approximate surface area is 99.1 Å². The van der Waals surface area contributed by atoms with E-state index in [9.17, 15) is 4.79 Å². The summed E-state index contributed by atoms with van der Waals surface area (Å²) in [6, 6.07) is 1.66. The number of nitrogens with zero attached hydrogens (tertiary/aromatic N) is 3. The van der Waals surface area contributed by atoms with Gasteiger partial charge in [-0.1, -0.05) is 0 Å². The third-order valence-corrected chi connectivity index (χ3v) is 2.56. The summed E-state index contributed by atoms with van der Waals surface area (Å²) in [5, 5.41) is 0.522. The molecule has 0 aliphatic rings. The zero-order chi connectivity index (χ0) is 12.6. The molecule has 0 bridgehead atoms. The van der Waals surface area contributed by atoms with Crippen LogP contribution >= 0.6 is 0 Å². The fourth-order valence-corrected chi connectivity index (χ4v) is 1.66. The first-order chi connectivity index (χ1) is 7.95. The minimum Gasteiger partial charge on any atom is -0.479 e. The first-order valence-electron chi connectivity index (χ1n) is 5.36. The second kappa shape index (κ2) is 3.84. The topological polar surface area (TPSA) is 57.0 Å².